The van der Waals surface area contributed by atoms with Crippen molar-refractivity contribution in [3.05, 3.63) is 217 Å². The summed E-state index contributed by atoms with van der Waals surface area (Å²) in [5, 5.41) is 4.87. The van der Waals surface area contributed by atoms with Gasteiger partial charge in [-0.1, -0.05) is 196 Å². The first-order chi connectivity index (χ1) is 29.0. The second kappa shape index (κ2) is 13.9. The van der Waals surface area contributed by atoms with Crippen molar-refractivity contribution in [2.45, 2.75) is 19.3 Å². The predicted octanol–water partition coefficient (Wildman–Crippen LogP) is 15.1. The van der Waals surface area contributed by atoms with E-state index in [9.17, 15) is 0 Å². The van der Waals surface area contributed by atoms with Crippen molar-refractivity contribution in [2.24, 2.45) is 0 Å². The van der Waals surface area contributed by atoms with Crippen LogP contribution in [0.5, 0.6) is 0 Å². The van der Waals surface area contributed by atoms with E-state index in [0.29, 0.717) is 5.82 Å². The largest absolute Gasteiger partial charge is 0.228 e. The van der Waals surface area contributed by atoms with Gasteiger partial charge in [-0.05, 0) is 95.9 Å². The van der Waals surface area contributed by atoms with Gasteiger partial charge < -0.3 is 0 Å². The van der Waals surface area contributed by atoms with E-state index in [-0.39, 0.29) is 5.41 Å². The first kappa shape index (κ1) is 34.8. The Balaban J connectivity index is 1.22. The van der Waals surface area contributed by atoms with Crippen molar-refractivity contribution in [3.8, 4) is 78.4 Å². The molecule has 0 radical (unpaired) electrons. The molecule has 1 aliphatic rings. The smallest absolute Gasteiger partial charge is 0.161 e. The Morgan fingerprint density at radius 3 is 1.46 bits per heavy atom. The van der Waals surface area contributed by atoms with Crippen LogP contribution in [-0.2, 0) is 5.41 Å². The highest BCUT2D eigenvalue weighted by Crippen LogP contribution is 2.55. The summed E-state index contributed by atoms with van der Waals surface area (Å²) in [6, 6.07) is 74.3. The number of fused-ring (bicyclic) bond motifs is 5. The fourth-order valence-corrected chi connectivity index (χ4v) is 9.42. The van der Waals surface area contributed by atoms with Crippen LogP contribution in [0.25, 0.3) is 100.0 Å². The molecule has 1 aromatic heterocycles. The summed E-state index contributed by atoms with van der Waals surface area (Å²) in [7, 11) is 0. The van der Waals surface area contributed by atoms with Gasteiger partial charge in [0.15, 0.2) is 5.82 Å². The lowest BCUT2D eigenvalue weighted by atomic mass is 9.81. The van der Waals surface area contributed by atoms with E-state index < -0.39 is 0 Å². The maximum atomic E-state index is 5.58. The van der Waals surface area contributed by atoms with Crippen LogP contribution >= 0.6 is 0 Å². The lowest BCUT2D eigenvalue weighted by molar-refractivity contribution is 0.661. The number of nitrogens with zero attached hydrogens (tertiary/aromatic N) is 2. The van der Waals surface area contributed by atoms with Crippen LogP contribution in [0.15, 0.2) is 206 Å². The standard InChI is InChI=1S/C57H40N2/c1-57(2)50-31-17-30-47(55(50)49-34-40-23-9-10-24-41(40)35-51(49)57)54-44-27-12-11-22-39(44)32-33-48(54)56-58-52(45-28-15-13-25-42(45)37-18-5-3-6-19-37)36-53(59-56)46-29-16-14-26-43(46)38-20-7-4-8-21-38/h3-36H,1-2H3. The minimum atomic E-state index is -0.179. The van der Waals surface area contributed by atoms with Gasteiger partial charge in [0.1, 0.15) is 0 Å². The van der Waals surface area contributed by atoms with Crippen LogP contribution in [0.1, 0.15) is 25.0 Å². The Morgan fingerprint density at radius 2 is 0.831 bits per heavy atom. The third-order valence-electron chi connectivity index (χ3n) is 12.3. The van der Waals surface area contributed by atoms with Gasteiger partial charge in [-0.2, -0.15) is 0 Å². The summed E-state index contributed by atoms with van der Waals surface area (Å²) in [5.74, 6) is 0.692. The Kier molecular flexibility index (Phi) is 8.20. The van der Waals surface area contributed by atoms with Gasteiger partial charge in [-0.3, -0.25) is 0 Å². The third kappa shape index (κ3) is 5.79. The monoisotopic (exact) mass is 752 g/mol. The van der Waals surface area contributed by atoms with Crippen molar-refractivity contribution in [1.82, 2.24) is 9.97 Å². The quantitative estimate of drug-likeness (QED) is 0.169. The molecule has 0 saturated carbocycles. The molecular weight excluding hydrogens is 713 g/mol. The van der Waals surface area contributed by atoms with E-state index in [1.165, 1.54) is 49.4 Å². The lowest BCUT2D eigenvalue weighted by Gasteiger charge is -2.22. The van der Waals surface area contributed by atoms with Crippen LogP contribution in [0, 0.1) is 0 Å². The summed E-state index contributed by atoms with van der Waals surface area (Å²) in [4.78, 5) is 11.2. The van der Waals surface area contributed by atoms with Crippen LogP contribution in [-0.4, -0.2) is 9.97 Å². The second-order valence-electron chi connectivity index (χ2n) is 16.1. The summed E-state index contributed by atoms with van der Waals surface area (Å²) in [6.45, 7) is 4.74. The molecule has 0 saturated heterocycles. The van der Waals surface area contributed by atoms with Gasteiger partial charge in [0.2, 0.25) is 0 Å². The van der Waals surface area contributed by atoms with Gasteiger partial charge >= 0.3 is 0 Å². The van der Waals surface area contributed by atoms with Gasteiger partial charge in [0.25, 0.3) is 0 Å². The van der Waals surface area contributed by atoms with Gasteiger partial charge in [0, 0.05) is 27.7 Å². The molecular formula is C57H40N2. The van der Waals surface area contributed by atoms with E-state index in [4.69, 9.17) is 9.97 Å². The summed E-state index contributed by atoms with van der Waals surface area (Å²) < 4.78 is 0. The Labute approximate surface area is 345 Å². The van der Waals surface area contributed by atoms with Crippen molar-refractivity contribution < 1.29 is 0 Å². The molecule has 0 bridgehead atoms. The molecule has 278 valence electrons. The molecule has 2 heteroatoms. The van der Waals surface area contributed by atoms with Gasteiger partial charge in [-0.15, -0.1) is 0 Å². The molecule has 59 heavy (non-hydrogen) atoms. The second-order valence-corrected chi connectivity index (χ2v) is 16.1. The Morgan fingerprint density at radius 1 is 0.322 bits per heavy atom. The van der Waals surface area contributed by atoms with Crippen LogP contribution < -0.4 is 0 Å². The molecule has 0 spiro atoms. The van der Waals surface area contributed by atoms with Crippen molar-refractivity contribution in [2.75, 3.05) is 0 Å². The third-order valence-corrected chi connectivity index (χ3v) is 12.3. The molecule has 1 heterocycles. The average molecular weight is 753 g/mol. The number of aromatic nitrogens is 2. The van der Waals surface area contributed by atoms with E-state index >= 15 is 0 Å². The molecule has 11 rings (SSSR count). The topological polar surface area (TPSA) is 25.8 Å². The fraction of sp³-hybridized carbons (Fsp3) is 0.0526. The molecule has 0 atom stereocenters. The summed E-state index contributed by atoms with van der Waals surface area (Å²) in [5.41, 5.74) is 16.9. The normalized spacial score (nSPS) is 12.7. The van der Waals surface area contributed by atoms with Gasteiger partial charge in [-0.25, -0.2) is 9.97 Å². The number of hydrogen-bond acceptors (Lipinski definition) is 2. The van der Waals surface area contributed by atoms with Crippen LogP contribution in [0.4, 0.5) is 0 Å². The van der Waals surface area contributed by atoms with Crippen molar-refractivity contribution in [3.63, 3.8) is 0 Å². The zero-order valence-corrected chi connectivity index (χ0v) is 33.0. The van der Waals surface area contributed by atoms with Crippen molar-refractivity contribution in [1.29, 1.82) is 0 Å². The van der Waals surface area contributed by atoms with E-state index in [2.05, 4.69) is 220 Å². The van der Waals surface area contributed by atoms with Crippen molar-refractivity contribution >= 4 is 21.5 Å². The van der Waals surface area contributed by atoms with E-state index in [0.717, 1.165) is 55.9 Å². The molecule has 0 unspecified atom stereocenters. The van der Waals surface area contributed by atoms with Crippen LogP contribution in [0.2, 0.25) is 0 Å². The highest BCUT2D eigenvalue weighted by Gasteiger charge is 2.38. The zero-order valence-electron chi connectivity index (χ0n) is 33.0. The maximum Gasteiger partial charge on any atom is 0.161 e. The molecule has 0 amide bonds. The molecule has 1 aliphatic carbocycles. The summed E-state index contributed by atoms with van der Waals surface area (Å²) >= 11 is 0. The minimum absolute atomic E-state index is 0.179. The number of benzene rings is 9. The highest BCUT2D eigenvalue weighted by atomic mass is 14.9. The number of hydrogen-bond donors (Lipinski definition) is 0. The Hall–Kier alpha value is -7.42. The van der Waals surface area contributed by atoms with Gasteiger partial charge in [0.05, 0.1) is 11.4 Å². The zero-order chi connectivity index (χ0) is 39.5. The molecule has 10 aromatic rings. The first-order valence-corrected chi connectivity index (χ1v) is 20.4. The molecule has 2 nitrogen and oxygen atoms in total. The highest BCUT2D eigenvalue weighted by molar-refractivity contribution is 6.09. The minimum Gasteiger partial charge on any atom is -0.228 e. The summed E-state index contributed by atoms with van der Waals surface area (Å²) in [6.07, 6.45) is 0. The Bertz CT molecular complexity index is 3130. The fourth-order valence-electron chi connectivity index (χ4n) is 9.42. The average Bonchev–Trinajstić information content (AvgIpc) is 3.53. The first-order valence-electron chi connectivity index (χ1n) is 20.4. The van der Waals surface area contributed by atoms with Crippen LogP contribution in [0.3, 0.4) is 0 Å². The molecule has 9 aromatic carbocycles. The molecule has 0 N–H and O–H groups in total. The SMILES string of the molecule is CC1(C)c2cc3ccccc3cc2-c2c(-c3c(-c4nc(-c5ccccc5-c5ccccc5)cc(-c5ccccc5-c5ccccc5)n4)ccc4ccccc34)cccc21. The number of rotatable bonds is 6. The lowest BCUT2D eigenvalue weighted by Crippen LogP contribution is -2.14. The van der Waals surface area contributed by atoms with E-state index in [1.54, 1.807) is 0 Å². The predicted molar refractivity (Wildman–Crippen MR) is 247 cm³/mol. The van der Waals surface area contributed by atoms with E-state index in [1.807, 2.05) is 0 Å². The maximum absolute atomic E-state index is 5.58. The molecule has 0 aliphatic heterocycles. The molecule has 0 fully saturated rings.